The molecule has 2 amide bonds. The molecular weight excluding hydrogens is 332 g/mol. The van der Waals surface area contributed by atoms with Crippen molar-refractivity contribution < 1.29 is 14.3 Å². The monoisotopic (exact) mass is 352 g/mol. The Morgan fingerprint density at radius 1 is 0.885 bits per heavy atom. The van der Waals surface area contributed by atoms with Gasteiger partial charge >= 0.3 is 6.03 Å². The van der Waals surface area contributed by atoms with Crippen LogP contribution in [0, 0.1) is 13.8 Å². The third-order valence-corrected chi connectivity index (χ3v) is 3.99. The number of carbonyl (C=O) groups excluding carboxylic acids is 1. The van der Waals surface area contributed by atoms with Crippen molar-refractivity contribution in [2.45, 2.75) is 13.8 Å². The van der Waals surface area contributed by atoms with Crippen LogP contribution in [0.15, 0.2) is 36.4 Å². The second-order valence-corrected chi connectivity index (χ2v) is 5.74. The molecule has 3 aromatic rings. The number of amides is 2. The fourth-order valence-corrected chi connectivity index (χ4v) is 2.50. The van der Waals surface area contributed by atoms with Crippen LogP contribution in [-0.2, 0) is 0 Å². The van der Waals surface area contributed by atoms with Crippen molar-refractivity contribution in [2.24, 2.45) is 0 Å². The van der Waals surface area contributed by atoms with Gasteiger partial charge in [0, 0.05) is 11.8 Å². The standard InChI is InChI=1S/C19H20N4O3/c1-11-12(2)21-16-9-13(5-7-15(16)20-11)22-19(24)23-17-10-14(25-3)6-8-18(17)26-4/h5-10H,1-4H3,(H2,22,23,24). The Morgan fingerprint density at radius 3 is 2.31 bits per heavy atom. The summed E-state index contributed by atoms with van der Waals surface area (Å²) >= 11 is 0. The van der Waals surface area contributed by atoms with Gasteiger partial charge in [-0.05, 0) is 44.2 Å². The summed E-state index contributed by atoms with van der Waals surface area (Å²) in [5, 5.41) is 5.55. The quantitative estimate of drug-likeness (QED) is 0.743. The van der Waals surface area contributed by atoms with Gasteiger partial charge in [-0.15, -0.1) is 0 Å². The van der Waals surface area contributed by atoms with Crippen LogP contribution in [0.25, 0.3) is 11.0 Å². The van der Waals surface area contributed by atoms with Crippen LogP contribution < -0.4 is 20.1 Å². The number of aromatic nitrogens is 2. The second-order valence-electron chi connectivity index (χ2n) is 5.74. The van der Waals surface area contributed by atoms with Crippen molar-refractivity contribution >= 4 is 28.4 Å². The lowest BCUT2D eigenvalue weighted by Crippen LogP contribution is -2.19. The van der Waals surface area contributed by atoms with E-state index in [9.17, 15) is 4.79 Å². The molecule has 3 rings (SSSR count). The highest BCUT2D eigenvalue weighted by Gasteiger charge is 2.10. The molecule has 0 aliphatic carbocycles. The number of hydrogen-bond donors (Lipinski definition) is 2. The van der Waals surface area contributed by atoms with Crippen LogP contribution in [0.3, 0.4) is 0 Å². The third kappa shape index (κ3) is 3.66. The fraction of sp³-hybridized carbons (Fsp3) is 0.211. The van der Waals surface area contributed by atoms with Gasteiger partial charge in [0.1, 0.15) is 11.5 Å². The lowest BCUT2D eigenvalue weighted by Gasteiger charge is -2.13. The molecule has 7 heteroatoms. The first-order valence-electron chi connectivity index (χ1n) is 8.05. The zero-order valence-electron chi connectivity index (χ0n) is 15.1. The number of nitrogens with one attached hydrogen (secondary N) is 2. The highest BCUT2D eigenvalue weighted by atomic mass is 16.5. The molecule has 0 unspecified atom stereocenters. The molecule has 7 nitrogen and oxygen atoms in total. The first-order valence-corrected chi connectivity index (χ1v) is 8.05. The minimum Gasteiger partial charge on any atom is -0.497 e. The van der Waals surface area contributed by atoms with E-state index in [1.807, 2.05) is 19.9 Å². The molecule has 1 heterocycles. The normalized spacial score (nSPS) is 10.5. The summed E-state index contributed by atoms with van der Waals surface area (Å²) in [5.41, 5.74) is 4.39. The zero-order valence-corrected chi connectivity index (χ0v) is 15.1. The average molecular weight is 352 g/mol. The number of ether oxygens (including phenoxy) is 2. The molecule has 0 radical (unpaired) electrons. The van der Waals surface area contributed by atoms with E-state index in [4.69, 9.17) is 9.47 Å². The van der Waals surface area contributed by atoms with Gasteiger partial charge < -0.3 is 20.1 Å². The van der Waals surface area contributed by atoms with E-state index in [0.29, 0.717) is 22.9 Å². The van der Waals surface area contributed by atoms with E-state index in [1.54, 1.807) is 37.4 Å². The molecule has 0 saturated carbocycles. The minimum absolute atomic E-state index is 0.396. The maximum Gasteiger partial charge on any atom is 0.323 e. The molecule has 2 N–H and O–H groups in total. The Labute approximate surface area is 151 Å². The number of methoxy groups -OCH3 is 2. The average Bonchev–Trinajstić information content (AvgIpc) is 2.62. The predicted molar refractivity (Wildman–Crippen MR) is 101 cm³/mol. The number of anilines is 2. The second kappa shape index (κ2) is 7.26. The van der Waals surface area contributed by atoms with Crippen molar-refractivity contribution in [2.75, 3.05) is 24.9 Å². The summed E-state index contributed by atoms with van der Waals surface area (Å²) in [5.74, 6) is 1.16. The van der Waals surface area contributed by atoms with E-state index < -0.39 is 6.03 Å². The lowest BCUT2D eigenvalue weighted by atomic mass is 10.2. The molecule has 1 aromatic heterocycles. The molecule has 0 fully saturated rings. The van der Waals surface area contributed by atoms with Gasteiger partial charge in [0.05, 0.1) is 42.3 Å². The molecule has 0 saturated heterocycles. The Balaban J connectivity index is 1.80. The molecule has 134 valence electrons. The number of urea groups is 1. The number of hydrogen-bond acceptors (Lipinski definition) is 5. The van der Waals surface area contributed by atoms with Crippen LogP contribution >= 0.6 is 0 Å². The molecule has 0 aliphatic rings. The highest BCUT2D eigenvalue weighted by Crippen LogP contribution is 2.29. The number of benzene rings is 2. The van der Waals surface area contributed by atoms with Gasteiger partial charge in [-0.1, -0.05) is 0 Å². The topological polar surface area (TPSA) is 85.4 Å². The predicted octanol–water partition coefficient (Wildman–Crippen LogP) is 3.91. The van der Waals surface area contributed by atoms with Crippen molar-refractivity contribution in [1.82, 2.24) is 9.97 Å². The molecule has 2 aromatic carbocycles. The Morgan fingerprint density at radius 2 is 1.62 bits per heavy atom. The van der Waals surface area contributed by atoms with Gasteiger partial charge in [0.25, 0.3) is 0 Å². The summed E-state index contributed by atoms with van der Waals surface area (Å²) in [6.45, 7) is 3.83. The summed E-state index contributed by atoms with van der Waals surface area (Å²) in [6, 6.07) is 10.2. The number of nitrogens with zero attached hydrogens (tertiary/aromatic N) is 2. The van der Waals surface area contributed by atoms with Gasteiger partial charge in [-0.25, -0.2) is 14.8 Å². The zero-order chi connectivity index (χ0) is 18.7. The van der Waals surface area contributed by atoms with Crippen LogP contribution in [0.4, 0.5) is 16.2 Å². The van der Waals surface area contributed by atoms with Crippen molar-refractivity contribution in [3.05, 3.63) is 47.8 Å². The number of rotatable bonds is 4. The number of aryl methyl sites for hydroxylation is 2. The van der Waals surface area contributed by atoms with Gasteiger partial charge in [0.15, 0.2) is 0 Å². The summed E-state index contributed by atoms with van der Waals surface area (Å²) < 4.78 is 10.4. The Hall–Kier alpha value is -3.35. The molecule has 0 bridgehead atoms. The highest BCUT2D eigenvalue weighted by molar-refractivity contribution is 6.01. The van der Waals surface area contributed by atoms with E-state index in [1.165, 1.54) is 7.11 Å². The summed E-state index contributed by atoms with van der Waals surface area (Å²) in [7, 11) is 3.10. The first-order chi connectivity index (χ1) is 12.5. The third-order valence-electron chi connectivity index (χ3n) is 3.99. The molecule has 0 atom stereocenters. The van der Waals surface area contributed by atoms with E-state index in [-0.39, 0.29) is 0 Å². The minimum atomic E-state index is -0.396. The Bertz CT molecular complexity index is 972. The maximum absolute atomic E-state index is 12.4. The molecule has 26 heavy (non-hydrogen) atoms. The first kappa shape index (κ1) is 17.5. The summed E-state index contributed by atoms with van der Waals surface area (Å²) in [4.78, 5) is 21.3. The van der Waals surface area contributed by atoms with Crippen LogP contribution in [0.2, 0.25) is 0 Å². The van der Waals surface area contributed by atoms with E-state index in [2.05, 4.69) is 20.6 Å². The molecule has 0 spiro atoms. The molecule has 0 aliphatic heterocycles. The van der Waals surface area contributed by atoms with Crippen LogP contribution in [0.1, 0.15) is 11.4 Å². The van der Waals surface area contributed by atoms with E-state index >= 15 is 0 Å². The number of carbonyl (C=O) groups is 1. The van der Waals surface area contributed by atoms with Crippen molar-refractivity contribution in [3.8, 4) is 11.5 Å². The van der Waals surface area contributed by atoms with E-state index in [0.717, 1.165) is 22.4 Å². The lowest BCUT2D eigenvalue weighted by molar-refractivity contribution is 0.262. The van der Waals surface area contributed by atoms with Gasteiger partial charge in [-0.2, -0.15) is 0 Å². The SMILES string of the molecule is COc1ccc(OC)c(NC(=O)Nc2ccc3nc(C)c(C)nc3c2)c1. The van der Waals surface area contributed by atoms with Crippen molar-refractivity contribution in [3.63, 3.8) is 0 Å². The van der Waals surface area contributed by atoms with Gasteiger partial charge in [0.2, 0.25) is 0 Å². The van der Waals surface area contributed by atoms with Crippen LogP contribution in [0.5, 0.6) is 11.5 Å². The van der Waals surface area contributed by atoms with Crippen molar-refractivity contribution in [1.29, 1.82) is 0 Å². The van der Waals surface area contributed by atoms with Crippen LogP contribution in [-0.4, -0.2) is 30.2 Å². The largest absolute Gasteiger partial charge is 0.497 e. The Kier molecular flexibility index (Phi) is 4.88. The van der Waals surface area contributed by atoms with Gasteiger partial charge in [-0.3, -0.25) is 0 Å². The summed E-state index contributed by atoms with van der Waals surface area (Å²) in [6.07, 6.45) is 0. The maximum atomic E-state index is 12.4. The number of fused-ring (bicyclic) bond motifs is 1. The smallest absolute Gasteiger partial charge is 0.323 e. The molecular formula is C19H20N4O3. The fourth-order valence-electron chi connectivity index (χ4n) is 2.50.